The van der Waals surface area contributed by atoms with Gasteiger partial charge in [0.1, 0.15) is 23.9 Å². The summed E-state index contributed by atoms with van der Waals surface area (Å²) in [6.07, 6.45) is 0. The van der Waals surface area contributed by atoms with Gasteiger partial charge in [-0.25, -0.2) is 4.39 Å². The van der Waals surface area contributed by atoms with Gasteiger partial charge < -0.3 is 9.47 Å². The summed E-state index contributed by atoms with van der Waals surface area (Å²) in [5.41, 5.74) is 0.980. The van der Waals surface area contributed by atoms with Crippen LogP contribution in [0.4, 0.5) is 4.39 Å². The van der Waals surface area contributed by atoms with Gasteiger partial charge in [0.05, 0.1) is 7.11 Å². The van der Waals surface area contributed by atoms with E-state index >= 15 is 0 Å². The molecule has 0 amide bonds. The number of hydrogen-bond acceptors (Lipinski definition) is 2. The zero-order chi connectivity index (χ0) is 12.1. The summed E-state index contributed by atoms with van der Waals surface area (Å²) < 4.78 is 23.5. The molecule has 0 fully saturated rings. The smallest absolute Gasteiger partial charge is 0.126 e. The van der Waals surface area contributed by atoms with Gasteiger partial charge in [-0.1, -0.05) is 18.2 Å². The van der Waals surface area contributed by atoms with Crippen LogP contribution >= 0.6 is 0 Å². The molecule has 0 saturated heterocycles. The van der Waals surface area contributed by atoms with E-state index in [1.807, 2.05) is 24.3 Å². The Bertz CT molecular complexity index is 497. The van der Waals surface area contributed by atoms with Gasteiger partial charge in [-0.3, -0.25) is 0 Å². The van der Waals surface area contributed by atoms with Crippen molar-refractivity contribution in [3.8, 4) is 11.5 Å². The molecule has 2 aromatic carbocycles. The van der Waals surface area contributed by atoms with Gasteiger partial charge in [0, 0.05) is 6.07 Å². The quantitative estimate of drug-likeness (QED) is 0.804. The van der Waals surface area contributed by atoms with Crippen LogP contribution in [0.3, 0.4) is 0 Å². The molecule has 0 atom stereocenters. The highest BCUT2D eigenvalue weighted by Gasteiger charge is 1.99. The van der Waals surface area contributed by atoms with Crippen LogP contribution in [0.15, 0.2) is 48.5 Å². The van der Waals surface area contributed by atoms with Crippen molar-refractivity contribution in [3.63, 3.8) is 0 Å². The number of benzene rings is 2. The van der Waals surface area contributed by atoms with Crippen LogP contribution in [-0.2, 0) is 6.61 Å². The molecule has 0 unspecified atom stereocenters. The molecule has 0 heterocycles. The van der Waals surface area contributed by atoms with Gasteiger partial charge in [0.15, 0.2) is 0 Å². The summed E-state index contributed by atoms with van der Waals surface area (Å²) in [5.74, 6) is 1.01. The standard InChI is InChI=1S/C14H13FO2/c1-16-13-6-2-4-11(8-13)10-17-14-7-3-5-12(15)9-14/h2-9H,10H2,1H3. The summed E-state index contributed by atoms with van der Waals surface area (Å²) in [7, 11) is 1.62. The van der Waals surface area contributed by atoms with Gasteiger partial charge in [-0.2, -0.15) is 0 Å². The number of halogens is 1. The largest absolute Gasteiger partial charge is 0.497 e. The maximum absolute atomic E-state index is 12.9. The van der Waals surface area contributed by atoms with Crippen LogP contribution in [0.1, 0.15) is 5.56 Å². The zero-order valence-corrected chi connectivity index (χ0v) is 9.52. The van der Waals surface area contributed by atoms with Crippen molar-refractivity contribution in [3.05, 3.63) is 59.9 Å². The van der Waals surface area contributed by atoms with Crippen molar-refractivity contribution in [1.29, 1.82) is 0 Å². The molecule has 0 aliphatic heterocycles. The zero-order valence-electron chi connectivity index (χ0n) is 9.52. The second-order valence-electron chi connectivity index (χ2n) is 3.60. The number of ether oxygens (including phenoxy) is 2. The summed E-state index contributed by atoms with van der Waals surface area (Å²) in [5, 5.41) is 0. The van der Waals surface area contributed by atoms with Crippen LogP contribution in [0.2, 0.25) is 0 Å². The minimum Gasteiger partial charge on any atom is -0.497 e. The average molecular weight is 232 g/mol. The minimum atomic E-state index is -0.298. The van der Waals surface area contributed by atoms with Crippen molar-refractivity contribution in [2.45, 2.75) is 6.61 Å². The lowest BCUT2D eigenvalue weighted by atomic mass is 10.2. The van der Waals surface area contributed by atoms with Crippen molar-refractivity contribution in [1.82, 2.24) is 0 Å². The van der Waals surface area contributed by atoms with E-state index in [1.165, 1.54) is 12.1 Å². The monoisotopic (exact) mass is 232 g/mol. The van der Waals surface area contributed by atoms with Crippen LogP contribution in [0.5, 0.6) is 11.5 Å². The Labute approximate surface area is 99.6 Å². The molecule has 0 aromatic heterocycles. The molecule has 0 bridgehead atoms. The van der Waals surface area contributed by atoms with Crippen molar-refractivity contribution < 1.29 is 13.9 Å². The van der Waals surface area contributed by atoms with Crippen molar-refractivity contribution in [2.75, 3.05) is 7.11 Å². The number of rotatable bonds is 4. The molecule has 0 N–H and O–H groups in total. The maximum Gasteiger partial charge on any atom is 0.126 e. The van der Waals surface area contributed by atoms with Gasteiger partial charge in [0.25, 0.3) is 0 Å². The Kier molecular flexibility index (Phi) is 3.60. The molecule has 88 valence electrons. The SMILES string of the molecule is COc1cccc(COc2cccc(F)c2)c1. The Balaban J connectivity index is 2.02. The second-order valence-corrected chi connectivity index (χ2v) is 3.60. The molecule has 0 radical (unpaired) electrons. The highest BCUT2D eigenvalue weighted by atomic mass is 19.1. The van der Waals surface area contributed by atoms with Crippen LogP contribution in [0, 0.1) is 5.82 Å². The fourth-order valence-corrected chi connectivity index (χ4v) is 1.49. The molecule has 0 aliphatic rings. The highest BCUT2D eigenvalue weighted by Crippen LogP contribution is 2.16. The third-order valence-electron chi connectivity index (χ3n) is 2.34. The second kappa shape index (κ2) is 5.34. The minimum absolute atomic E-state index is 0.298. The fraction of sp³-hybridized carbons (Fsp3) is 0.143. The van der Waals surface area contributed by atoms with E-state index < -0.39 is 0 Å². The van der Waals surface area contributed by atoms with E-state index in [2.05, 4.69) is 0 Å². The topological polar surface area (TPSA) is 18.5 Å². The predicted molar refractivity (Wildman–Crippen MR) is 63.7 cm³/mol. The molecule has 3 heteroatoms. The lowest BCUT2D eigenvalue weighted by molar-refractivity contribution is 0.303. The third-order valence-corrected chi connectivity index (χ3v) is 2.34. The lowest BCUT2D eigenvalue weighted by Crippen LogP contribution is -1.96. The highest BCUT2D eigenvalue weighted by molar-refractivity contribution is 5.29. The molecule has 17 heavy (non-hydrogen) atoms. The van der Waals surface area contributed by atoms with Gasteiger partial charge >= 0.3 is 0 Å². The fourth-order valence-electron chi connectivity index (χ4n) is 1.49. The summed E-state index contributed by atoms with van der Waals surface area (Å²) >= 11 is 0. The third kappa shape index (κ3) is 3.21. The first-order chi connectivity index (χ1) is 8.28. The number of hydrogen-bond donors (Lipinski definition) is 0. The number of methoxy groups -OCH3 is 1. The summed E-state index contributed by atoms with van der Waals surface area (Å²) in [6, 6.07) is 13.7. The molecule has 2 nitrogen and oxygen atoms in total. The van der Waals surface area contributed by atoms with E-state index in [-0.39, 0.29) is 5.82 Å². The predicted octanol–water partition coefficient (Wildman–Crippen LogP) is 3.41. The van der Waals surface area contributed by atoms with Crippen LogP contribution < -0.4 is 9.47 Å². The molecule has 2 aromatic rings. The first-order valence-electron chi connectivity index (χ1n) is 5.29. The Morgan fingerprint density at radius 1 is 1.00 bits per heavy atom. The Hall–Kier alpha value is -2.03. The van der Waals surface area contributed by atoms with Crippen LogP contribution in [0.25, 0.3) is 0 Å². The van der Waals surface area contributed by atoms with E-state index in [9.17, 15) is 4.39 Å². The van der Waals surface area contributed by atoms with Crippen LogP contribution in [-0.4, -0.2) is 7.11 Å². The molecule has 0 saturated carbocycles. The first kappa shape index (κ1) is 11.5. The average Bonchev–Trinajstić information content (AvgIpc) is 2.37. The molecule has 0 aliphatic carbocycles. The molecule has 0 spiro atoms. The summed E-state index contributed by atoms with van der Waals surface area (Å²) in [4.78, 5) is 0. The van der Waals surface area contributed by atoms with Gasteiger partial charge in [-0.05, 0) is 29.8 Å². The molecular formula is C14H13FO2. The van der Waals surface area contributed by atoms with E-state index in [1.54, 1.807) is 19.2 Å². The van der Waals surface area contributed by atoms with E-state index in [0.717, 1.165) is 11.3 Å². The van der Waals surface area contributed by atoms with E-state index in [0.29, 0.717) is 12.4 Å². The van der Waals surface area contributed by atoms with Gasteiger partial charge in [-0.15, -0.1) is 0 Å². The maximum atomic E-state index is 12.9. The normalized spacial score (nSPS) is 10.0. The summed E-state index contributed by atoms with van der Waals surface area (Å²) in [6.45, 7) is 0.390. The first-order valence-corrected chi connectivity index (χ1v) is 5.29. The molecular weight excluding hydrogens is 219 g/mol. The van der Waals surface area contributed by atoms with Crippen molar-refractivity contribution in [2.24, 2.45) is 0 Å². The van der Waals surface area contributed by atoms with Crippen molar-refractivity contribution >= 4 is 0 Å². The van der Waals surface area contributed by atoms with Gasteiger partial charge in [0.2, 0.25) is 0 Å². The molecule has 2 rings (SSSR count). The Morgan fingerprint density at radius 3 is 2.53 bits per heavy atom. The Morgan fingerprint density at radius 2 is 1.76 bits per heavy atom. The van der Waals surface area contributed by atoms with E-state index in [4.69, 9.17) is 9.47 Å². The lowest BCUT2D eigenvalue weighted by Gasteiger charge is -2.07.